The SMILES string of the molecule is CC(O)CNCCNS(=O)(=O)CCC(=O)O. The number of carbonyl (C=O) groups is 1. The van der Waals surface area contributed by atoms with Crippen LogP contribution in [0.2, 0.25) is 0 Å². The van der Waals surface area contributed by atoms with Gasteiger partial charge in [0.15, 0.2) is 0 Å². The molecule has 0 saturated carbocycles. The van der Waals surface area contributed by atoms with Crippen LogP contribution in [0.4, 0.5) is 0 Å². The topological polar surface area (TPSA) is 116 Å². The van der Waals surface area contributed by atoms with Gasteiger partial charge in [0.25, 0.3) is 0 Å². The van der Waals surface area contributed by atoms with E-state index in [1.807, 2.05) is 0 Å². The van der Waals surface area contributed by atoms with E-state index in [1.54, 1.807) is 6.92 Å². The molecule has 0 radical (unpaired) electrons. The third-order valence-corrected chi connectivity index (χ3v) is 3.03. The van der Waals surface area contributed by atoms with Crippen LogP contribution in [0, 0.1) is 0 Å². The van der Waals surface area contributed by atoms with Crippen LogP contribution in [-0.2, 0) is 14.8 Å². The van der Waals surface area contributed by atoms with Crippen LogP contribution in [0.1, 0.15) is 13.3 Å². The van der Waals surface area contributed by atoms with Crippen molar-refractivity contribution >= 4 is 16.0 Å². The monoisotopic (exact) mass is 254 g/mol. The third-order valence-electron chi connectivity index (χ3n) is 1.65. The van der Waals surface area contributed by atoms with Crippen molar-refractivity contribution in [3.05, 3.63) is 0 Å². The van der Waals surface area contributed by atoms with Gasteiger partial charge in [0.05, 0.1) is 18.3 Å². The van der Waals surface area contributed by atoms with Gasteiger partial charge in [0, 0.05) is 19.6 Å². The molecule has 0 aliphatic heterocycles. The number of aliphatic carboxylic acids is 1. The van der Waals surface area contributed by atoms with Crippen molar-refractivity contribution in [1.82, 2.24) is 10.0 Å². The number of carboxylic acid groups (broad SMARTS) is 1. The summed E-state index contributed by atoms with van der Waals surface area (Å²) in [5.41, 5.74) is 0. The summed E-state index contributed by atoms with van der Waals surface area (Å²) in [6, 6.07) is 0. The zero-order chi connectivity index (χ0) is 12.6. The third kappa shape index (κ3) is 9.84. The highest BCUT2D eigenvalue weighted by Gasteiger charge is 2.11. The lowest BCUT2D eigenvalue weighted by Gasteiger charge is -2.08. The van der Waals surface area contributed by atoms with E-state index in [-0.39, 0.29) is 6.54 Å². The number of sulfonamides is 1. The van der Waals surface area contributed by atoms with E-state index in [2.05, 4.69) is 10.0 Å². The average Bonchev–Trinajstić information content (AvgIpc) is 2.14. The van der Waals surface area contributed by atoms with Crippen molar-refractivity contribution in [3.8, 4) is 0 Å². The number of nitrogens with one attached hydrogen (secondary N) is 2. The Morgan fingerprint density at radius 2 is 2.00 bits per heavy atom. The van der Waals surface area contributed by atoms with Gasteiger partial charge in [-0.05, 0) is 6.92 Å². The highest BCUT2D eigenvalue weighted by molar-refractivity contribution is 7.89. The van der Waals surface area contributed by atoms with Crippen molar-refractivity contribution in [2.75, 3.05) is 25.4 Å². The second-order valence-electron chi connectivity index (χ2n) is 3.41. The Morgan fingerprint density at radius 3 is 2.50 bits per heavy atom. The fraction of sp³-hybridized carbons (Fsp3) is 0.875. The maximum Gasteiger partial charge on any atom is 0.304 e. The fourth-order valence-electron chi connectivity index (χ4n) is 0.900. The van der Waals surface area contributed by atoms with Crippen LogP contribution in [0.3, 0.4) is 0 Å². The van der Waals surface area contributed by atoms with Gasteiger partial charge in [0.2, 0.25) is 10.0 Å². The molecule has 0 fully saturated rings. The summed E-state index contributed by atoms with van der Waals surface area (Å²) in [7, 11) is -3.51. The van der Waals surface area contributed by atoms with Gasteiger partial charge in [-0.2, -0.15) is 0 Å². The average molecular weight is 254 g/mol. The van der Waals surface area contributed by atoms with Gasteiger partial charge in [-0.25, -0.2) is 13.1 Å². The molecule has 0 spiro atoms. The second kappa shape index (κ2) is 7.55. The Labute approximate surface area is 94.9 Å². The molecular formula is C8H18N2O5S. The van der Waals surface area contributed by atoms with E-state index in [0.29, 0.717) is 13.1 Å². The molecule has 0 rings (SSSR count). The molecule has 0 bridgehead atoms. The molecule has 1 atom stereocenters. The van der Waals surface area contributed by atoms with Crippen molar-refractivity contribution in [3.63, 3.8) is 0 Å². The summed E-state index contributed by atoms with van der Waals surface area (Å²) in [6.45, 7) is 2.56. The molecule has 0 aliphatic rings. The summed E-state index contributed by atoms with van der Waals surface area (Å²) in [5.74, 6) is -1.56. The molecule has 4 N–H and O–H groups in total. The largest absolute Gasteiger partial charge is 0.481 e. The number of rotatable bonds is 9. The number of aliphatic hydroxyl groups is 1. The maximum absolute atomic E-state index is 11.2. The summed E-state index contributed by atoms with van der Waals surface area (Å²) in [4.78, 5) is 10.2. The lowest BCUT2D eigenvalue weighted by atomic mass is 10.4. The molecular weight excluding hydrogens is 236 g/mol. The number of carboxylic acids is 1. The minimum Gasteiger partial charge on any atom is -0.481 e. The van der Waals surface area contributed by atoms with Crippen LogP contribution in [0.5, 0.6) is 0 Å². The summed E-state index contributed by atoms with van der Waals surface area (Å²) in [6.07, 6.45) is -0.889. The lowest BCUT2D eigenvalue weighted by Crippen LogP contribution is -2.35. The zero-order valence-electron chi connectivity index (χ0n) is 9.14. The molecule has 16 heavy (non-hydrogen) atoms. The zero-order valence-corrected chi connectivity index (χ0v) is 9.96. The smallest absolute Gasteiger partial charge is 0.304 e. The first-order valence-corrected chi connectivity index (χ1v) is 6.56. The van der Waals surface area contributed by atoms with Crippen LogP contribution in [0.15, 0.2) is 0 Å². The first-order valence-electron chi connectivity index (χ1n) is 4.91. The Morgan fingerprint density at radius 1 is 1.38 bits per heavy atom. The highest BCUT2D eigenvalue weighted by atomic mass is 32.2. The summed E-state index contributed by atoms with van der Waals surface area (Å²) >= 11 is 0. The van der Waals surface area contributed by atoms with E-state index >= 15 is 0 Å². The van der Waals surface area contributed by atoms with Gasteiger partial charge in [-0.3, -0.25) is 4.79 Å². The van der Waals surface area contributed by atoms with Crippen LogP contribution >= 0.6 is 0 Å². The van der Waals surface area contributed by atoms with E-state index in [4.69, 9.17) is 10.2 Å². The lowest BCUT2D eigenvalue weighted by molar-refractivity contribution is -0.136. The molecule has 0 aromatic heterocycles. The molecule has 0 amide bonds. The predicted octanol–water partition coefficient (Wildman–Crippen LogP) is -1.65. The molecule has 0 saturated heterocycles. The highest BCUT2D eigenvalue weighted by Crippen LogP contribution is 1.88. The summed E-state index contributed by atoms with van der Waals surface area (Å²) < 4.78 is 24.6. The molecule has 0 aliphatic carbocycles. The Bertz CT molecular complexity index is 302. The quantitative estimate of drug-likeness (QED) is 0.366. The number of hydrogen-bond donors (Lipinski definition) is 4. The van der Waals surface area contributed by atoms with Gasteiger partial charge in [-0.1, -0.05) is 0 Å². The Hall–Kier alpha value is -0.700. The minimum atomic E-state index is -3.51. The van der Waals surface area contributed by atoms with Crippen molar-refractivity contribution in [1.29, 1.82) is 0 Å². The number of aliphatic hydroxyl groups excluding tert-OH is 1. The first kappa shape index (κ1) is 15.3. The molecule has 96 valence electrons. The molecule has 0 aromatic carbocycles. The fourth-order valence-corrected chi connectivity index (χ4v) is 1.90. The van der Waals surface area contributed by atoms with Crippen LogP contribution in [-0.4, -0.2) is 56.1 Å². The molecule has 7 nitrogen and oxygen atoms in total. The molecule has 0 aromatic rings. The van der Waals surface area contributed by atoms with Crippen molar-refractivity contribution in [2.45, 2.75) is 19.4 Å². The minimum absolute atomic E-state index is 0.175. The molecule has 1 unspecified atom stereocenters. The van der Waals surface area contributed by atoms with E-state index in [9.17, 15) is 13.2 Å². The van der Waals surface area contributed by atoms with Crippen molar-refractivity contribution in [2.24, 2.45) is 0 Å². The number of hydrogen-bond acceptors (Lipinski definition) is 5. The maximum atomic E-state index is 11.2. The second-order valence-corrected chi connectivity index (χ2v) is 5.34. The van der Waals surface area contributed by atoms with E-state index < -0.39 is 34.3 Å². The van der Waals surface area contributed by atoms with Gasteiger partial charge in [0.1, 0.15) is 0 Å². The predicted molar refractivity (Wildman–Crippen MR) is 58.6 cm³/mol. The Balaban J connectivity index is 3.62. The Kier molecular flexibility index (Phi) is 7.22. The van der Waals surface area contributed by atoms with Gasteiger partial charge in [-0.15, -0.1) is 0 Å². The normalized spacial score (nSPS) is 13.6. The summed E-state index contributed by atoms with van der Waals surface area (Å²) in [5, 5.41) is 20.0. The van der Waals surface area contributed by atoms with Crippen molar-refractivity contribution < 1.29 is 23.4 Å². The van der Waals surface area contributed by atoms with E-state index in [0.717, 1.165) is 0 Å². The standard InChI is InChI=1S/C8H18N2O5S/c1-7(11)6-9-3-4-10-16(14,15)5-2-8(12)13/h7,9-11H,2-6H2,1H3,(H,12,13). The van der Waals surface area contributed by atoms with Crippen LogP contribution < -0.4 is 10.0 Å². The molecule has 8 heteroatoms. The van der Waals surface area contributed by atoms with Crippen LogP contribution in [0.25, 0.3) is 0 Å². The van der Waals surface area contributed by atoms with Gasteiger partial charge >= 0.3 is 5.97 Å². The first-order chi connectivity index (χ1) is 7.33. The van der Waals surface area contributed by atoms with E-state index in [1.165, 1.54) is 0 Å². The van der Waals surface area contributed by atoms with Gasteiger partial charge < -0.3 is 15.5 Å². The molecule has 0 heterocycles.